The summed E-state index contributed by atoms with van der Waals surface area (Å²) in [4.78, 5) is 22.0. The molecule has 4 rings (SSSR count). The second-order valence-corrected chi connectivity index (χ2v) is 7.91. The van der Waals surface area contributed by atoms with E-state index in [1.54, 1.807) is 13.3 Å². The Morgan fingerprint density at radius 3 is 2.54 bits per heavy atom. The summed E-state index contributed by atoms with van der Waals surface area (Å²) in [5.74, 6) is 2.86. The highest BCUT2D eigenvalue weighted by Crippen LogP contribution is 2.28. The molecule has 1 atom stereocenters. The quantitative estimate of drug-likeness (QED) is 0.694. The number of ketones is 1. The van der Waals surface area contributed by atoms with Crippen LogP contribution in [0.4, 0.5) is 5.82 Å². The Morgan fingerprint density at radius 2 is 1.89 bits per heavy atom. The van der Waals surface area contributed by atoms with Crippen molar-refractivity contribution in [3.63, 3.8) is 0 Å². The van der Waals surface area contributed by atoms with Gasteiger partial charge in [-0.3, -0.25) is 0 Å². The molecule has 1 aliphatic heterocycles. The van der Waals surface area contributed by atoms with Gasteiger partial charge in [0.1, 0.15) is 35.9 Å². The monoisotopic (exact) mass is 381 g/mol. The molecule has 1 saturated heterocycles. The first-order chi connectivity index (χ1) is 13.6. The molecule has 0 spiro atoms. The fraction of sp³-hybridized carbons (Fsp3) is 0.500. The van der Waals surface area contributed by atoms with Crippen molar-refractivity contribution >= 4 is 11.6 Å². The maximum absolute atomic E-state index is 11.3. The van der Waals surface area contributed by atoms with Gasteiger partial charge in [-0.2, -0.15) is 0 Å². The maximum atomic E-state index is 11.3. The maximum Gasteiger partial charge on any atom is 0.218 e. The van der Waals surface area contributed by atoms with E-state index in [9.17, 15) is 4.79 Å². The minimum absolute atomic E-state index is 0.145. The number of aromatic nitrogens is 2. The number of hydrogen-bond donors (Lipinski definition) is 0. The van der Waals surface area contributed by atoms with Crippen LogP contribution in [0.1, 0.15) is 51.0 Å². The highest BCUT2D eigenvalue weighted by atomic mass is 16.5. The molecule has 148 valence electrons. The van der Waals surface area contributed by atoms with Crippen LogP contribution in [0.25, 0.3) is 0 Å². The summed E-state index contributed by atoms with van der Waals surface area (Å²) in [7, 11) is 0. The van der Waals surface area contributed by atoms with Crippen molar-refractivity contribution in [2.24, 2.45) is 0 Å². The van der Waals surface area contributed by atoms with Gasteiger partial charge in [-0.05, 0) is 49.8 Å². The summed E-state index contributed by atoms with van der Waals surface area (Å²) in [6.45, 7) is 5.30. The van der Waals surface area contributed by atoms with Crippen molar-refractivity contribution < 1.29 is 14.3 Å². The minimum Gasteiger partial charge on any atom is -0.487 e. The third-order valence-electron chi connectivity index (χ3n) is 5.48. The van der Waals surface area contributed by atoms with Crippen molar-refractivity contribution in [2.75, 3.05) is 18.0 Å². The lowest BCUT2D eigenvalue weighted by molar-refractivity contribution is -0.117. The number of carbonyl (C=O) groups is 1. The molecule has 0 N–H and O–H groups in total. The molecule has 2 aliphatic rings. The van der Waals surface area contributed by atoms with Crippen LogP contribution in [0.3, 0.4) is 0 Å². The Hall–Kier alpha value is -2.63. The summed E-state index contributed by atoms with van der Waals surface area (Å²) in [6.07, 6.45) is 6.07. The largest absolute Gasteiger partial charge is 0.487 e. The van der Waals surface area contributed by atoms with Crippen molar-refractivity contribution in [3.8, 4) is 11.6 Å². The lowest BCUT2D eigenvalue weighted by Crippen LogP contribution is -2.54. The molecule has 1 saturated carbocycles. The number of nitrogens with zero attached hydrogens (tertiary/aromatic N) is 3. The van der Waals surface area contributed by atoms with Crippen LogP contribution < -0.4 is 14.4 Å². The molecule has 6 nitrogen and oxygen atoms in total. The van der Waals surface area contributed by atoms with Crippen LogP contribution in [0, 0.1) is 0 Å². The number of rotatable bonds is 8. The summed E-state index contributed by atoms with van der Waals surface area (Å²) < 4.78 is 11.9. The van der Waals surface area contributed by atoms with Crippen LogP contribution in [0.5, 0.6) is 11.6 Å². The van der Waals surface area contributed by atoms with E-state index in [0.717, 1.165) is 43.1 Å². The number of benzene rings is 1. The fourth-order valence-corrected chi connectivity index (χ4v) is 3.54. The molecule has 1 aromatic carbocycles. The molecule has 1 aliphatic carbocycles. The van der Waals surface area contributed by atoms with Gasteiger partial charge in [0.25, 0.3) is 0 Å². The molecule has 28 heavy (non-hydrogen) atoms. The van der Waals surface area contributed by atoms with Crippen LogP contribution in [-0.4, -0.2) is 41.0 Å². The summed E-state index contributed by atoms with van der Waals surface area (Å²) in [6, 6.07) is 10.00. The Morgan fingerprint density at radius 1 is 1.14 bits per heavy atom. The molecule has 2 aromatic rings. The van der Waals surface area contributed by atoms with E-state index in [-0.39, 0.29) is 17.8 Å². The first kappa shape index (κ1) is 18.7. The Balaban J connectivity index is 1.27. The van der Waals surface area contributed by atoms with E-state index in [0.29, 0.717) is 18.4 Å². The van der Waals surface area contributed by atoms with Crippen molar-refractivity contribution in [2.45, 2.75) is 57.7 Å². The normalized spacial score (nSPS) is 18.1. The molecule has 1 aromatic heterocycles. The van der Waals surface area contributed by atoms with Crippen molar-refractivity contribution in [1.82, 2.24) is 9.97 Å². The van der Waals surface area contributed by atoms with Gasteiger partial charge in [-0.15, -0.1) is 0 Å². The summed E-state index contributed by atoms with van der Waals surface area (Å²) in [5.41, 5.74) is 1.16. The topological polar surface area (TPSA) is 64.5 Å². The van der Waals surface area contributed by atoms with E-state index in [1.165, 1.54) is 6.42 Å². The van der Waals surface area contributed by atoms with Gasteiger partial charge < -0.3 is 19.2 Å². The molecule has 2 heterocycles. The Labute approximate surface area is 165 Å². The molecule has 2 fully saturated rings. The highest BCUT2D eigenvalue weighted by Gasteiger charge is 2.30. The van der Waals surface area contributed by atoms with Gasteiger partial charge in [0, 0.05) is 12.5 Å². The summed E-state index contributed by atoms with van der Waals surface area (Å²) >= 11 is 0. The average Bonchev–Trinajstić information content (AvgIpc) is 2.61. The molecule has 0 bridgehead atoms. The lowest BCUT2D eigenvalue weighted by atomic mass is 9.96. The van der Waals surface area contributed by atoms with Gasteiger partial charge in [0.05, 0.1) is 13.1 Å². The smallest absolute Gasteiger partial charge is 0.218 e. The Bertz CT molecular complexity index is 814. The zero-order chi connectivity index (χ0) is 19.5. The number of carbonyl (C=O) groups excluding carboxylic acids is 1. The van der Waals surface area contributed by atoms with Gasteiger partial charge >= 0.3 is 0 Å². The third kappa shape index (κ3) is 4.43. The Kier molecular flexibility index (Phi) is 5.46. The van der Waals surface area contributed by atoms with Crippen LogP contribution in [-0.2, 0) is 4.79 Å². The second-order valence-electron chi connectivity index (χ2n) is 7.91. The third-order valence-corrected chi connectivity index (χ3v) is 5.48. The van der Waals surface area contributed by atoms with Crippen molar-refractivity contribution in [3.05, 3.63) is 42.2 Å². The predicted octanol–water partition coefficient (Wildman–Crippen LogP) is 3.76. The second kappa shape index (κ2) is 8.17. The van der Waals surface area contributed by atoms with E-state index in [4.69, 9.17) is 9.47 Å². The molecule has 6 heteroatoms. The van der Waals surface area contributed by atoms with E-state index < -0.39 is 0 Å². The molecule has 0 radical (unpaired) electrons. The van der Waals surface area contributed by atoms with Gasteiger partial charge in [0.2, 0.25) is 5.88 Å². The summed E-state index contributed by atoms with van der Waals surface area (Å²) in [5, 5.41) is 0. The zero-order valence-electron chi connectivity index (χ0n) is 16.5. The first-order valence-electron chi connectivity index (χ1n) is 10.1. The number of hydrogen-bond acceptors (Lipinski definition) is 6. The van der Waals surface area contributed by atoms with Crippen LogP contribution >= 0.6 is 0 Å². The SMILES string of the molecule is CC(=O)C[C@@H](C)c1ccc(OC2CN(c3cc(OC4CCC4)ncn3)C2)cc1. The standard InChI is InChI=1S/C22H27N3O3/c1-15(10-16(2)26)17-6-8-19(9-7-17)27-20-12-25(13-20)21-11-22(24-14-23-21)28-18-4-3-5-18/h6-9,11,14-15,18,20H,3-5,10,12-13H2,1-2H3/t15-/m1/s1. The molecule has 0 unspecified atom stereocenters. The van der Waals surface area contributed by atoms with Crippen LogP contribution in [0.2, 0.25) is 0 Å². The predicted molar refractivity (Wildman–Crippen MR) is 107 cm³/mol. The van der Waals surface area contributed by atoms with Crippen molar-refractivity contribution in [1.29, 1.82) is 0 Å². The average molecular weight is 381 g/mol. The zero-order valence-corrected chi connectivity index (χ0v) is 16.5. The van der Waals surface area contributed by atoms with Gasteiger partial charge in [0.15, 0.2) is 0 Å². The minimum atomic E-state index is 0.145. The van der Waals surface area contributed by atoms with E-state index in [1.807, 2.05) is 30.3 Å². The van der Waals surface area contributed by atoms with Crippen LogP contribution in [0.15, 0.2) is 36.7 Å². The van der Waals surface area contributed by atoms with Gasteiger partial charge in [-0.25, -0.2) is 9.97 Å². The first-order valence-corrected chi connectivity index (χ1v) is 10.1. The number of anilines is 1. The van der Waals surface area contributed by atoms with E-state index in [2.05, 4.69) is 21.8 Å². The molecule has 0 amide bonds. The van der Waals surface area contributed by atoms with E-state index >= 15 is 0 Å². The van der Waals surface area contributed by atoms with Gasteiger partial charge in [-0.1, -0.05) is 19.1 Å². The fourth-order valence-electron chi connectivity index (χ4n) is 3.54. The molecular formula is C22H27N3O3. The number of Topliss-reactive ketones (excluding diaryl/α,β-unsaturated/α-hetero) is 1. The number of ether oxygens (including phenoxy) is 2. The highest BCUT2D eigenvalue weighted by molar-refractivity contribution is 5.76. The lowest BCUT2D eigenvalue weighted by Gasteiger charge is -2.39. The molecular weight excluding hydrogens is 354 g/mol.